The third kappa shape index (κ3) is 2.91. The number of piperidine rings is 1. The fraction of sp³-hybridized carbons (Fsp3) is 0.588. The summed E-state index contributed by atoms with van der Waals surface area (Å²) >= 11 is 0. The van der Waals surface area contributed by atoms with Crippen molar-refractivity contribution >= 4 is 11.6 Å². The molecule has 4 nitrogen and oxygen atoms in total. The van der Waals surface area contributed by atoms with Crippen molar-refractivity contribution in [2.75, 3.05) is 25.0 Å². The highest BCUT2D eigenvalue weighted by Gasteiger charge is 2.34. The average Bonchev–Trinajstić information content (AvgIpc) is 2.53. The molecule has 0 aliphatic carbocycles. The van der Waals surface area contributed by atoms with Crippen molar-refractivity contribution in [1.29, 1.82) is 0 Å². The summed E-state index contributed by atoms with van der Waals surface area (Å²) in [4.78, 5) is 14.9. The highest BCUT2D eigenvalue weighted by Crippen LogP contribution is 2.36. The van der Waals surface area contributed by atoms with Crippen LogP contribution in [0, 0.1) is 5.92 Å². The maximum atomic E-state index is 12.9. The largest absolute Gasteiger partial charge is 0.396 e. The van der Waals surface area contributed by atoms with Gasteiger partial charge in [-0.1, -0.05) is 18.2 Å². The van der Waals surface area contributed by atoms with Crippen LogP contribution >= 0.6 is 0 Å². The number of nitrogens with one attached hydrogen (secondary N) is 1. The molecule has 2 aliphatic heterocycles. The first-order valence-electron chi connectivity index (χ1n) is 7.94. The lowest BCUT2D eigenvalue weighted by atomic mass is 9.85. The van der Waals surface area contributed by atoms with Gasteiger partial charge in [0, 0.05) is 31.4 Å². The molecule has 3 atom stereocenters. The molecule has 0 aromatic heterocycles. The summed E-state index contributed by atoms with van der Waals surface area (Å²) in [7, 11) is 0. The molecule has 1 aromatic carbocycles. The van der Waals surface area contributed by atoms with Crippen LogP contribution in [0.25, 0.3) is 0 Å². The van der Waals surface area contributed by atoms with Crippen molar-refractivity contribution in [2.24, 2.45) is 5.92 Å². The van der Waals surface area contributed by atoms with Crippen LogP contribution in [0.2, 0.25) is 0 Å². The third-order valence-corrected chi connectivity index (χ3v) is 4.71. The Labute approximate surface area is 126 Å². The van der Waals surface area contributed by atoms with Crippen LogP contribution in [0.15, 0.2) is 24.3 Å². The zero-order valence-corrected chi connectivity index (χ0v) is 12.6. The molecule has 114 valence electrons. The predicted octanol–water partition coefficient (Wildman–Crippen LogP) is 2.21. The van der Waals surface area contributed by atoms with Crippen molar-refractivity contribution in [3.05, 3.63) is 29.8 Å². The van der Waals surface area contributed by atoms with Crippen LogP contribution in [0.3, 0.4) is 0 Å². The first-order valence-corrected chi connectivity index (χ1v) is 7.94. The minimum absolute atomic E-state index is 0.0464. The number of likely N-dealkylation sites (tertiary alicyclic amines) is 1. The molecule has 1 fully saturated rings. The van der Waals surface area contributed by atoms with Gasteiger partial charge in [0.2, 0.25) is 5.91 Å². The molecule has 2 heterocycles. The van der Waals surface area contributed by atoms with Gasteiger partial charge >= 0.3 is 0 Å². The standard InChI is InChI=1S/C17H24N2O2/c1-12-9-15(14-6-2-3-7-16(14)18-12)17(21)19-8-4-5-13(10-19)11-20/h2-3,6-7,12-13,15,18,20H,4-5,8-11H2,1H3. The molecular weight excluding hydrogens is 264 g/mol. The second-order valence-electron chi connectivity index (χ2n) is 6.40. The number of hydrogen-bond donors (Lipinski definition) is 2. The second-order valence-corrected chi connectivity index (χ2v) is 6.40. The maximum absolute atomic E-state index is 12.9. The van der Waals surface area contributed by atoms with Crippen molar-refractivity contribution in [2.45, 2.75) is 38.1 Å². The van der Waals surface area contributed by atoms with Crippen LogP contribution in [-0.2, 0) is 4.79 Å². The lowest BCUT2D eigenvalue weighted by Gasteiger charge is -2.37. The van der Waals surface area contributed by atoms with E-state index in [2.05, 4.69) is 24.4 Å². The van der Waals surface area contributed by atoms with Gasteiger partial charge in [-0.2, -0.15) is 0 Å². The summed E-state index contributed by atoms with van der Waals surface area (Å²) in [5.74, 6) is 0.431. The first-order chi connectivity index (χ1) is 10.2. The lowest BCUT2D eigenvalue weighted by Crippen LogP contribution is -2.45. The number of carbonyl (C=O) groups excluding carboxylic acids is 1. The van der Waals surface area contributed by atoms with E-state index in [0.717, 1.165) is 37.1 Å². The molecule has 0 bridgehead atoms. The number of fused-ring (bicyclic) bond motifs is 1. The summed E-state index contributed by atoms with van der Waals surface area (Å²) in [5, 5.41) is 12.8. The number of aliphatic hydroxyl groups excluding tert-OH is 1. The fourth-order valence-corrected chi connectivity index (χ4v) is 3.61. The zero-order chi connectivity index (χ0) is 14.8. The average molecular weight is 288 g/mol. The van der Waals surface area contributed by atoms with Crippen LogP contribution < -0.4 is 5.32 Å². The normalized spacial score (nSPS) is 28.7. The van der Waals surface area contributed by atoms with Crippen LogP contribution in [0.4, 0.5) is 5.69 Å². The molecule has 4 heteroatoms. The van der Waals surface area contributed by atoms with E-state index in [1.54, 1.807) is 0 Å². The van der Waals surface area contributed by atoms with E-state index >= 15 is 0 Å². The Balaban J connectivity index is 1.81. The van der Waals surface area contributed by atoms with Crippen molar-refractivity contribution in [1.82, 2.24) is 4.90 Å². The second kappa shape index (κ2) is 6.06. The SMILES string of the molecule is CC1CC(C(=O)N2CCCC(CO)C2)c2ccccc2N1. The number of para-hydroxylation sites is 1. The van der Waals surface area contributed by atoms with Crippen LogP contribution in [0.5, 0.6) is 0 Å². The Kier molecular flexibility index (Phi) is 4.15. The van der Waals surface area contributed by atoms with Gasteiger partial charge < -0.3 is 15.3 Å². The molecule has 0 saturated carbocycles. The van der Waals surface area contributed by atoms with E-state index < -0.39 is 0 Å². The van der Waals surface area contributed by atoms with Gasteiger partial charge in [-0.3, -0.25) is 4.79 Å². The van der Waals surface area contributed by atoms with Gasteiger partial charge in [-0.25, -0.2) is 0 Å². The Morgan fingerprint density at radius 1 is 1.43 bits per heavy atom. The summed E-state index contributed by atoms with van der Waals surface area (Å²) in [5.41, 5.74) is 2.21. The summed E-state index contributed by atoms with van der Waals surface area (Å²) in [6.45, 7) is 3.84. The highest BCUT2D eigenvalue weighted by atomic mass is 16.3. The van der Waals surface area contributed by atoms with Crippen LogP contribution in [-0.4, -0.2) is 41.7 Å². The number of nitrogens with zero attached hydrogens (tertiary/aromatic N) is 1. The van der Waals surface area contributed by atoms with E-state index in [9.17, 15) is 9.90 Å². The molecule has 2 aliphatic rings. The summed E-state index contributed by atoms with van der Waals surface area (Å²) in [6.07, 6.45) is 2.87. The minimum Gasteiger partial charge on any atom is -0.396 e. The first kappa shape index (κ1) is 14.4. The van der Waals surface area contributed by atoms with Gasteiger partial charge in [0.25, 0.3) is 0 Å². The molecule has 3 rings (SSSR count). The molecule has 1 aromatic rings. The van der Waals surface area contributed by atoms with E-state index in [-0.39, 0.29) is 24.3 Å². The highest BCUT2D eigenvalue weighted by molar-refractivity contribution is 5.86. The van der Waals surface area contributed by atoms with Gasteiger partial charge in [0.15, 0.2) is 0 Å². The van der Waals surface area contributed by atoms with Gasteiger partial charge in [0.05, 0.1) is 5.92 Å². The van der Waals surface area contributed by atoms with Gasteiger partial charge in [0.1, 0.15) is 0 Å². The summed E-state index contributed by atoms with van der Waals surface area (Å²) in [6, 6.07) is 8.44. The molecule has 21 heavy (non-hydrogen) atoms. The van der Waals surface area contributed by atoms with E-state index in [4.69, 9.17) is 0 Å². The quantitative estimate of drug-likeness (QED) is 0.877. The smallest absolute Gasteiger partial charge is 0.230 e. The van der Waals surface area contributed by atoms with Gasteiger partial charge in [-0.15, -0.1) is 0 Å². The van der Waals surface area contributed by atoms with E-state index in [1.165, 1.54) is 0 Å². The Hall–Kier alpha value is -1.55. The van der Waals surface area contributed by atoms with Crippen molar-refractivity contribution in [3.8, 4) is 0 Å². The molecule has 1 saturated heterocycles. The van der Waals surface area contributed by atoms with Crippen LogP contribution in [0.1, 0.15) is 37.7 Å². The topological polar surface area (TPSA) is 52.6 Å². The molecule has 0 radical (unpaired) electrons. The number of anilines is 1. The molecule has 2 N–H and O–H groups in total. The molecule has 3 unspecified atom stereocenters. The minimum atomic E-state index is -0.0464. The van der Waals surface area contributed by atoms with Crippen molar-refractivity contribution in [3.63, 3.8) is 0 Å². The third-order valence-electron chi connectivity index (χ3n) is 4.71. The van der Waals surface area contributed by atoms with E-state index in [0.29, 0.717) is 12.6 Å². The Bertz CT molecular complexity index is 517. The zero-order valence-electron chi connectivity index (χ0n) is 12.6. The van der Waals surface area contributed by atoms with Gasteiger partial charge in [-0.05, 0) is 43.7 Å². The maximum Gasteiger partial charge on any atom is 0.230 e. The number of hydrogen-bond acceptors (Lipinski definition) is 3. The Morgan fingerprint density at radius 3 is 3.05 bits per heavy atom. The summed E-state index contributed by atoms with van der Waals surface area (Å²) < 4.78 is 0. The number of amides is 1. The molecule has 0 spiro atoms. The lowest BCUT2D eigenvalue weighted by molar-refractivity contribution is -0.135. The number of carbonyl (C=O) groups is 1. The number of rotatable bonds is 2. The van der Waals surface area contributed by atoms with E-state index in [1.807, 2.05) is 17.0 Å². The predicted molar refractivity (Wildman–Crippen MR) is 83.3 cm³/mol. The number of benzene rings is 1. The molecule has 1 amide bonds. The van der Waals surface area contributed by atoms with Crippen molar-refractivity contribution < 1.29 is 9.90 Å². The number of aliphatic hydroxyl groups is 1. The fourth-order valence-electron chi connectivity index (χ4n) is 3.61. The monoisotopic (exact) mass is 288 g/mol. The Morgan fingerprint density at radius 2 is 2.24 bits per heavy atom. The molecular formula is C17H24N2O2.